The monoisotopic (exact) mass is 245 g/mol. The highest BCUT2D eigenvalue weighted by atomic mass is 15.3. The van der Waals surface area contributed by atoms with Gasteiger partial charge in [0.1, 0.15) is 11.6 Å². The minimum atomic E-state index is 0.344. The van der Waals surface area contributed by atoms with E-state index in [0.29, 0.717) is 5.92 Å². The second-order valence-electron chi connectivity index (χ2n) is 4.60. The number of hydrogen-bond donors (Lipinski definition) is 1. The van der Waals surface area contributed by atoms with Gasteiger partial charge >= 0.3 is 0 Å². The van der Waals surface area contributed by atoms with Crippen molar-refractivity contribution in [2.75, 3.05) is 11.9 Å². The lowest BCUT2D eigenvalue weighted by Gasteiger charge is -2.10. The van der Waals surface area contributed by atoms with Crippen LogP contribution >= 0.6 is 0 Å². The Balaban J connectivity index is 1.96. The first-order valence-corrected chi connectivity index (χ1v) is 6.22. The molecule has 0 atom stereocenters. The summed E-state index contributed by atoms with van der Waals surface area (Å²) >= 11 is 0. The third kappa shape index (κ3) is 3.29. The molecule has 0 amide bonds. The first-order chi connectivity index (χ1) is 8.65. The first-order valence-electron chi connectivity index (χ1n) is 6.22. The Kier molecular flexibility index (Phi) is 3.92. The van der Waals surface area contributed by atoms with Crippen molar-refractivity contribution in [3.8, 4) is 0 Å². The topological polar surface area (TPSA) is 55.6 Å². The van der Waals surface area contributed by atoms with Crippen molar-refractivity contribution >= 4 is 5.82 Å². The fourth-order valence-corrected chi connectivity index (χ4v) is 1.67. The van der Waals surface area contributed by atoms with Gasteiger partial charge in [-0.05, 0) is 13.0 Å². The Morgan fingerprint density at radius 3 is 2.83 bits per heavy atom. The van der Waals surface area contributed by atoms with E-state index in [4.69, 9.17) is 0 Å². The quantitative estimate of drug-likeness (QED) is 0.877. The van der Waals surface area contributed by atoms with Crippen LogP contribution in [0, 0.1) is 6.92 Å². The lowest BCUT2D eigenvalue weighted by molar-refractivity contribution is 0.636. The zero-order valence-electron chi connectivity index (χ0n) is 11.1. The molecule has 0 unspecified atom stereocenters. The Hall–Kier alpha value is -1.91. The van der Waals surface area contributed by atoms with Crippen LogP contribution in [0.3, 0.4) is 0 Å². The van der Waals surface area contributed by atoms with E-state index in [1.54, 1.807) is 6.20 Å². The maximum Gasteiger partial charge on any atom is 0.133 e. The summed E-state index contributed by atoms with van der Waals surface area (Å²) in [4.78, 5) is 8.92. The van der Waals surface area contributed by atoms with Gasteiger partial charge in [-0.15, -0.1) is 0 Å². The molecule has 2 heterocycles. The van der Waals surface area contributed by atoms with Gasteiger partial charge in [-0.1, -0.05) is 13.8 Å². The molecule has 0 aliphatic carbocycles. The fraction of sp³-hybridized carbons (Fsp3) is 0.462. The van der Waals surface area contributed by atoms with Crippen LogP contribution in [-0.4, -0.2) is 26.3 Å². The average Bonchev–Trinajstić information content (AvgIpc) is 2.81. The number of anilines is 1. The van der Waals surface area contributed by atoms with Crippen molar-refractivity contribution in [1.29, 1.82) is 0 Å². The van der Waals surface area contributed by atoms with Gasteiger partial charge in [-0.2, -0.15) is 5.10 Å². The molecule has 0 bridgehead atoms. The summed E-state index contributed by atoms with van der Waals surface area (Å²) in [5.41, 5.74) is 0.996. The van der Waals surface area contributed by atoms with Gasteiger partial charge in [0.15, 0.2) is 0 Å². The molecule has 1 N–H and O–H groups in total. The summed E-state index contributed by atoms with van der Waals surface area (Å²) in [6, 6.07) is 3.89. The van der Waals surface area contributed by atoms with Crippen molar-refractivity contribution in [3.05, 3.63) is 36.0 Å². The molecule has 0 fully saturated rings. The van der Waals surface area contributed by atoms with Gasteiger partial charge < -0.3 is 5.32 Å². The van der Waals surface area contributed by atoms with Gasteiger partial charge in [-0.25, -0.2) is 9.97 Å². The van der Waals surface area contributed by atoms with Crippen molar-refractivity contribution in [1.82, 2.24) is 19.7 Å². The maximum atomic E-state index is 4.50. The minimum absolute atomic E-state index is 0.344. The van der Waals surface area contributed by atoms with E-state index in [2.05, 4.69) is 34.2 Å². The summed E-state index contributed by atoms with van der Waals surface area (Å²) in [5, 5.41) is 7.46. The lowest BCUT2D eigenvalue weighted by Crippen LogP contribution is -2.13. The SMILES string of the molecule is Cc1cc(NCCn2cccn2)nc(C(C)C)n1. The molecule has 0 saturated carbocycles. The number of nitrogens with one attached hydrogen (secondary N) is 1. The van der Waals surface area contributed by atoms with E-state index in [1.807, 2.05) is 29.9 Å². The molecular formula is C13H19N5. The van der Waals surface area contributed by atoms with Crippen LogP contribution in [0.5, 0.6) is 0 Å². The average molecular weight is 245 g/mol. The summed E-state index contributed by atoms with van der Waals surface area (Å²) in [7, 11) is 0. The summed E-state index contributed by atoms with van der Waals surface area (Å²) < 4.78 is 1.89. The van der Waals surface area contributed by atoms with Crippen molar-refractivity contribution in [3.63, 3.8) is 0 Å². The molecule has 0 aliphatic rings. The molecule has 96 valence electrons. The van der Waals surface area contributed by atoms with E-state index in [0.717, 1.165) is 30.4 Å². The highest BCUT2D eigenvalue weighted by Gasteiger charge is 2.05. The number of rotatable bonds is 5. The highest BCUT2D eigenvalue weighted by molar-refractivity contribution is 5.36. The lowest BCUT2D eigenvalue weighted by atomic mass is 10.2. The van der Waals surface area contributed by atoms with Crippen LogP contribution in [0.25, 0.3) is 0 Å². The van der Waals surface area contributed by atoms with E-state index in [1.165, 1.54) is 0 Å². The molecule has 2 rings (SSSR count). The number of aromatic nitrogens is 4. The van der Waals surface area contributed by atoms with Gasteiger partial charge in [0.05, 0.1) is 6.54 Å². The molecule has 0 spiro atoms. The van der Waals surface area contributed by atoms with E-state index in [-0.39, 0.29) is 0 Å². The van der Waals surface area contributed by atoms with Gasteiger partial charge in [0.2, 0.25) is 0 Å². The second kappa shape index (κ2) is 5.62. The molecular weight excluding hydrogens is 226 g/mol. The summed E-state index contributed by atoms with van der Waals surface area (Å²) in [6.45, 7) is 7.82. The fourth-order valence-electron chi connectivity index (χ4n) is 1.67. The van der Waals surface area contributed by atoms with Crippen molar-refractivity contribution in [2.45, 2.75) is 33.2 Å². The van der Waals surface area contributed by atoms with E-state index in [9.17, 15) is 0 Å². The Morgan fingerprint density at radius 2 is 2.17 bits per heavy atom. The Bertz CT molecular complexity index is 490. The van der Waals surface area contributed by atoms with Gasteiger partial charge in [0.25, 0.3) is 0 Å². The standard InChI is InChI=1S/C13H19N5/c1-10(2)13-16-11(3)9-12(17-13)14-6-8-18-7-4-5-15-18/h4-5,7,9-10H,6,8H2,1-3H3,(H,14,16,17). The zero-order chi connectivity index (χ0) is 13.0. The zero-order valence-corrected chi connectivity index (χ0v) is 11.1. The largest absolute Gasteiger partial charge is 0.368 e. The van der Waals surface area contributed by atoms with Crippen molar-refractivity contribution in [2.24, 2.45) is 0 Å². The van der Waals surface area contributed by atoms with E-state index < -0.39 is 0 Å². The minimum Gasteiger partial charge on any atom is -0.368 e. The molecule has 5 nitrogen and oxygen atoms in total. The smallest absolute Gasteiger partial charge is 0.133 e. The summed E-state index contributed by atoms with van der Waals surface area (Å²) in [6.07, 6.45) is 3.73. The molecule has 0 saturated heterocycles. The van der Waals surface area contributed by atoms with Crippen LogP contribution in [0.15, 0.2) is 24.5 Å². The Labute approximate surface area is 107 Å². The number of hydrogen-bond acceptors (Lipinski definition) is 4. The molecule has 2 aromatic heterocycles. The van der Waals surface area contributed by atoms with Crippen LogP contribution in [0.2, 0.25) is 0 Å². The predicted molar refractivity (Wildman–Crippen MR) is 71.6 cm³/mol. The van der Waals surface area contributed by atoms with Gasteiger partial charge in [-0.3, -0.25) is 4.68 Å². The van der Waals surface area contributed by atoms with Crippen LogP contribution in [0.4, 0.5) is 5.82 Å². The summed E-state index contributed by atoms with van der Waals surface area (Å²) in [5.74, 6) is 2.12. The van der Waals surface area contributed by atoms with E-state index >= 15 is 0 Å². The molecule has 0 aliphatic heterocycles. The molecule has 2 aromatic rings. The second-order valence-corrected chi connectivity index (χ2v) is 4.60. The third-order valence-electron chi connectivity index (χ3n) is 2.59. The Morgan fingerprint density at radius 1 is 1.33 bits per heavy atom. The number of nitrogens with zero attached hydrogens (tertiary/aromatic N) is 4. The molecule has 0 radical (unpaired) electrons. The van der Waals surface area contributed by atoms with Crippen LogP contribution in [-0.2, 0) is 6.54 Å². The van der Waals surface area contributed by atoms with Crippen LogP contribution in [0.1, 0.15) is 31.3 Å². The molecule has 18 heavy (non-hydrogen) atoms. The van der Waals surface area contributed by atoms with Gasteiger partial charge in [0, 0.05) is 36.6 Å². The number of aryl methyl sites for hydroxylation is 1. The van der Waals surface area contributed by atoms with Crippen molar-refractivity contribution < 1.29 is 0 Å². The highest BCUT2D eigenvalue weighted by Crippen LogP contribution is 2.13. The van der Waals surface area contributed by atoms with Crippen LogP contribution < -0.4 is 5.32 Å². The molecule has 5 heteroatoms. The molecule has 0 aromatic carbocycles. The third-order valence-corrected chi connectivity index (χ3v) is 2.59. The maximum absolute atomic E-state index is 4.50. The predicted octanol–water partition coefficient (Wildman–Crippen LogP) is 2.22. The normalized spacial score (nSPS) is 10.9. The first kappa shape index (κ1) is 12.5.